The molecule has 0 radical (unpaired) electrons. The molecule has 2 aromatic carbocycles. The number of aryl methyl sites for hydroxylation is 1. The molecule has 0 aliphatic heterocycles. The molecule has 0 saturated carbocycles. The molecule has 5 heteroatoms. The Labute approximate surface area is 163 Å². The van der Waals surface area contributed by atoms with E-state index in [4.69, 9.17) is 5.11 Å². The molecule has 1 aliphatic rings. The third-order valence-corrected chi connectivity index (χ3v) is 5.46. The summed E-state index contributed by atoms with van der Waals surface area (Å²) in [7, 11) is 0. The van der Waals surface area contributed by atoms with Gasteiger partial charge in [0.15, 0.2) is 0 Å². The van der Waals surface area contributed by atoms with Crippen molar-refractivity contribution in [1.29, 1.82) is 0 Å². The van der Waals surface area contributed by atoms with Gasteiger partial charge in [-0.3, -0.25) is 0 Å². The molecule has 0 saturated heterocycles. The number of para-hydroxylation sites is 1. The largest absolute Gasteiger partial charge is 0.478 e. The van der Waals surface area contributed by atoms with Gasteiger partial charge < -0.3 is 20.5 Å². The standard InChI is InChI=1S/C23H24N2O3/c26-14-18(12-17-13-24-21-4-2-1-3-19(17)21)25-22-9-7-16-11-15(5-8-20(16)22)6-10-23(27)28/h1-6,8,10-11,13,18,22,24-26H,7,9,12,14H2,(H,27,28)/t18-,22+/m0/s1. The van der Waals surface area contributed by atoms with E-state index in [1.807, 2.05) is 24.4 Å². The molecular weight excluding hydrogens is 352 g/mol. The van der Waals surface area contributed by atoms with Crippen molar-refractivity contribution in [2.24, 2.45) is 0 Å². The van der Waals surface area contributed by atoms with Crippen molar-refractivity contribution in [3.8, 4) is 0 Å². The van der Waals surface area contributed by atoms with E-state index in [9.17, 15) is 9.90 Å². The van der Waals surface area contributed by atoms with Crippen LogP contribution >= 0.6 is 0 Å². The summed E-state index contributed by atoms with van der Waals surface area (Å²) in [5.74, 6) is -0.942. The minimum Gasteiger partial charge on any atom is -0.478 e. The number of H-pyrrole nitrogens is 1. The number of carbonyl (C=O) groups is 1. The van der Waals surface area contributed by atoms with Gasteiger partial charge in [0, 0.05) is 35.3 Å². The zero-order chi connectivity index (χ0) is 19.5. The van der Waals surface area contributed by atoms with Gasteiger partial charge in [-0.05, 0) is 53.7 Å². The van der Waals surface area contributed by atoms with Crippen molar-refractivity contribution in [2.45, 2.75) is 31.3 Å². The van der Waals surface area contributed by atoms with Crippen molar-refractivity contribution < 1.29 is 15.0 Å². The fraction of sp³-hybridized carbons (Fsp3) is 0.261. The number of aliphatic carboxylic acids is 1. The number of hydrogen-bond acceptors (Lipinski definition) is 3. The molecule has 1 heterocycles. The first-order valence-electron chi connectivity index (χ1n) is 9.60. The SMILES string of the molecule is O=C(O)C=Cc1ccc2c(c1)CC[C@H]2N[C@H](CO)Cc1c[nH]c2ccccc12. The van der Waals surface area contributed by atoms with Gasteiger partial charge in [-0.2, -0.15) is 0 Å². The Morgan fingerprint density at radius 3 is 2.96 bits per heavy atom. The van der Waals surface area contributed by atoms with Crippen LogP contribution in [0.3, 0.4) is 0 Å². The summed E-state index contributed by atoms with van der Waals surface area (Å²) >= 11 is 0. The number of benzene rings is 2. The van der Waals surface area contributed by atoms with Crippen molar-refractivity contribution in [3.63, 3.8) is 0 Å². The molecule has 2 atom stereocenters. The zero-order valence-corrected chi connectivity index (χ0v) is 15.6. The molecule has 3 aromatic rings. The lowest BCUT2D eigenvalue weighted by atomic mass is 10.0. The smallest absolute Gasteiger partial charge is 0.328 e. The van der Waals surface area contributed by atoms with Crippen LogP contribution in [-0.2, 0) is 17.6 Å². The van der Waals surface area contributed by atoms with Crippen LogP contribution in [0.25, 0.3) is 17.0 Å². The number of carboxylic acid groups (broad SMARTS) is 1. The highest BCUT2D eigenvalue weighted by atomic mass is 16.4. The first-order valence-corrected chi connectivity index (χ1v) is 9.60. The number of carboxylic acids is 1. The molecule has 1 aromatic heterocycles. The second-order valence-electron chi connectivity index (χ2n) is 7.33. The van der Waals surface area contributed by atoms with E-state index < -0.39 is 5.97 Å². The lowest BCUT2D eigenvalue weighted by Crippen LogP contribution is -2.36. The minimum atomic E-state index is -0.942. The number of hydrogen-bond donors (Lipinski definition) is 4. The van der Waals surface area contributed by atoms with E-state index in [0.717, 1.165) is 36.4 Å². The number of aliphatic hydroxyl groups excluding tert-OH is 1. The van der Waals surface area contributed by atoms with E-state index in [1.54, 1.807) is 6.08 Å². The summed E-state index contributed by atoms with van der Waals surface area (Å²) in [6.45, 7) is 0.0742. The molecule has 0 unspecified atom stereocenters. The highest BCUT2D eigenvalue weighted by Gasteiger charge is 2.25. The number of aromatic nitrogens is 1. The number of nitrogens with one attached hydrogen (secondary N) is 2. The van der Waals surface area contributed by atoms with Gasteiger partial charge in [-0.1, -0.05) is 36.4 Å². The van der Waals surface area contributed by atoms with Crippen LogP contribution in [0.4, 0.5) is 0 Å². The Hall–Kier alpha value is -2.89. The average molecular weight is 376 g/mol. The zero-order valence-electron chi connectivity index (χ0n) is 15.6. The Balaban J connectivity index is 1.48. The number of aromatic amines is 1. The van der Waals surface area contributed by atoms with Gasteiger partial charge in [0.2, 0.25) is 0 Å². The van der Waals surface area contributed by atoms with Crippen LogP contribution in [0.5, 0.6) is 0 Å². The van der Waals surface area contributed by atoms with E-state index in [-0.39, 0.29) is 18.7 Å². The number of aliphatic hydroxyl groups is 1. The lowest BCUT2D eigenvalue weighted by molar-refractivity contribution is -0.131. The van der Waals surface area contributed by atoms with E-state index in [2.05, 4.69) is 34.6 Å². The van der Waals surface area contributed by atoms with Crippen molar-refractivity contribution >= 4 is 22.9 Å². The first kappa shape index (κ1) is 18.5. The average Bonchev–Trinajstić information content (AvgIpc) is 3.30. The summed E-state index contributed by atoms with van der Waals surface area (Å²) < 4.78 is 0. The molecule has 1 aliphatic carbocycles. The highest BCUT2D eigenvalue weighted by molar-refractivity contribution is 5.85. The third kappa shape index (κ3) is 3.86. The van der Waals surface area contributed by atoms with Gasteiger partial charge in [0.05, 0.1) is 6.61 Å². The second kappa shape index (κ2) is 8.00. The summed E-state index contributed by atoms with van der Waals surface area (Å²) in [4.78, 5) is 14.0. The molecule has 5 nitrogen and oxygen atoms in total. The molecule has 0 fully saturated rings. The van der Waals surface area contributed by atoms with E-state index in [1.165, 1.54) is 22.1 Å². The van der Waals surface area contributed by atoms with Crippen molar-refractivity contribution in [3.05, 3.63) is 77.0 Å². The molecular formula is C23H24N2O3. The summed E-state index contributed by atoms with van der Waals surface area (Å²) in [5, 5.41) is 23.5. The van der Waals surface area contributed by atoms with Crippen LogP contribution in [0, 0.1) is 0 Å². The lowest BCUT2D eigenvalue weighted by Gasteiger charge is -2.22. The van der Waals surface area contributed by atoms with E-state index >= 15 is 0 Å². The van der Waals surface area contributed by atoms with Crippen LogP contribution in [0.2, 0.25) is 0 Å². The highest BCUT2D eigenvalue weighted by Crippen LogP contribution is 2.33. The Morgan fingerprint density at radius 2 is 2.14 bits per heavy atom. The Morgan fingerprint density at radius 1 is 1.29 bits per heavy atom. The predicted molar refractivity (Wildman–Crippen MR) is 110 cm³/mol. The first-order chi connectivity index (χ1) is 13.6. The Kier molecular flexibility index (Phi) is 5.28. The quantitative estimate of drug-likeness (QED) is 0.476. The van der Waals surface area contributed by atoms with Crippen molar-refractivity contribution in [2.75, 3.05) is 6.61 Å². The topological polar surface area (TPSA) is 85.3 Å². The molecule has 0 spiro atoms. The van der Waals surface area contributed by atoms with Gasteiger partial charge >= 0.3 is 5.97 Å². The molecule has 4 N–H and O–H groups in total. The molecule has 0 bridgehead atoms. The van der Waals surface area contributed by atoms with Gasteiger partial charge in [0.1, 0.15) is 0 Å². The fourth-order valence-electron chi connectivity index (χ4n) is 4.11. The molecule has 4 rings (SSSR count). The number of fused-ring (bicyclic) bond motifs is 2. The summed E-state index contributed by atoms with van der Waals surface area (Å²) in [6, 6.07) is 14.5. The fourth-order valence-corrected chi connectivity index (χ4v) is 4.11. The number of rotatable bonds is 7. The predicted octanol–water partition coefficient (Wildman–Crippen LogP) is 3.45. The third-order valence-electron chi connectivity index (χ3n) is 5.46. The van der Waals surface area contributed by atoms with Crippen LogP contribution < -0.4 is 5.32 Å². The van der Waals surface area contributed by atoms with Crippen LogP contribution in [0.15, 0.2) is 54.7 Å². The van der Waals surface area contributed by atoms with Gasteiger partial charge in [-0.25, -0.2) is 4.79 Å². The van der Waals surface area contributed by atoms with Gasteiger partial charge in [0.25, 0.3) is 0 Å². The second-order valence-corrected chi connectivity index (χ2v) is 7.33. The van der Waals surface area contributed by atoms with Gasteiger partial charge in [-0.15, -0.1) is 0 Å². The normalized spacial score (nSPS) is 17.2. The minimum absolute atomic E-state index is 0.0262. The van der Waals surface area contributed by atoms with E-state index in [0.29, 0.717) is 0 Å². The maximum atomic E-state index is 10.7. The van der Waals surface area contributed by atoms with Crippen LogP contribution in [-0.4, -0.2) is 33.8 Å². The Bertz CT molecular complexity index is 1020. The summed E-state index contributed by atoms with van der Waals surface area (Å²) in [5.41, 5.74) is 5.70. The summed E-state index contributed by atoms with van der Waals surface area (Å²) in [6.07, 6.45) is 7.50. The maximum Gasteiger partial charge on any atom is 0.328 e. The van der Waals surface area contributed by atoms with Crippen LogP contribution in [0.1, 0.15) is 34.7 Å². The monoisotopic (exact) mass is 376 g/mol. The molecule has 144 valence electrons. The maximum absolute atomic E-state index is 10.7. The van der Waals surface area contributed by atoms with Crippen molar-refractivity contribution in [1.82, 2.24) is 10.3 Å². The molecule has 0 amide bonds. The molecule has 28 heavy (non-hydrogen) atoms.